The quantitative estimate of drug-likeness (QED) is 0.724. The molecule has 0 saturated carbocycles. The molecular weight excluding hydrogens is 242 g/mol. The number of carbonyl (C=O) groups is 1. The Bertz CT molecular complexity index is 280. The number of hydrogen-bond donors (Lipinski definition) is 2. The van der Waals surface area contributed by atoms with Gasteiger partial charge in [0.05, 0.1) is 19.1 Å². The monoisotopic (exact) mass is 269 g/mol. The van der Waals surface area contributed by atoms with E-state index >= 15 is 0 Å². The van der Waals surface area contributed by atoms with Crippen molar-refractivity contribution < 1.29 is 9.53 Å². The molecule has 2 aliphatic heterocycles. The van der Waals surface area contributed by atoms with Gasteiger partial charge in [0.25, 0.3) is 0 Å². The van der Waals surface area contributed by atoms with Gasteiger partial charge in [-0.05, 0) is 32.5 Å². The number of hydrogen-bond acceptors (Lipinski definition) is 4. The highest BCUT2D eigenvalue weighted by Crippen LogP contribution is 2.13. The molecule has 0 aromatic rings. The largest absolute Gasteiger partial charge is 0.379 e. The Labute approximate surface area is 116 Å². The first-order valence-corrected chi connectivity index (χ1v) is 7.62. The molecule has 2 unspecified atom stereocenters. The molecular formula is C14H27N3O2. The van der Waals surface area contributed by atoms with Crippen LogP contribution in [0.15, 0.2) is 0 Å². The van der Waals surface area contributed by atoms with Gasteiger partial charge in [-0.25, -0.2) is 0 Å². The van der Waals surface area contributed by atoms with Crippen molar-refractivity contribution in [1.82, 2.24) is 15.5 Å². The van der Waals surface area contributed by atoms with Crippen molar-refractivity contribution in [2.75, 3.05) is 45.9 Å². The van der Waals surface area contributed by atoms with Crippen LogP contribution in [0.5, 0.6) is 0 Å². The topological polar surface area (TPSA) is 53.6 Å². The fraction of sp³-hybridized carbons (Fsp3) is 0.929. The second-order valence-electron chi connectivity index (χ2n) is 5.50. The maximum atomic E-state index is 12.1. The van der Waals surface area contributed by atoms with E-state index in [1.165, 1.54) is 32.4 Å². The highest BCUT2D eigenvalue weighted by Gasteiger charge is 2.33. The molecule has 2 rings (SSSR count). The molecule has 0 aromatic heterocycles. The van der Waals surface area contributed by atoms with Gasteiger partial charge in [0, 0.05) is 19.1 Å². The van der Waals surface area contributed by atoms with E-state index in [0.29, 0.717) is 13.2 Å². The van der Waals surface area contributed by atoms with Crippen molar-refractivity contribution in [2.45, 2.75) is 32.2 Å². The van der Waals surface area contributed by atoms with Crippen molar-refractivity contribution in [2.24, 2.45) is 5.92 Å². The Balaban J connectivity index is 1.65. The van der Waals surface area contributed by atoms with E-state index in [4.69, 9.17) is 4.74 Å². The summed E-state index contributed by atoms with van der Waals surface area (Å²) in [6.45, 7) is 8.24. The molecule has 2 heterocycles. The van der Waals surface area contributed by atoms with Gasteiger partial charge in [-0.2, -0.15) is 0 Å². The summed E-state index contributed by atoms with van der Waals surface area (Å²) >= 11 is 0. The van der Waals surface area contributed by atoms with Crippen molar-refractivity contribution in [3.63, 3.8) is 0 Å². The Morgan fingerprint density at radius 3 is 2.79 bits per heavy atom. The molecule has 110 valence electrons. The smallest absolute Gasteiger partial charge is 0.227 e. The number of nitrogens with zero attached hydrogens (tertiary/aromatic N) is 1. The van der Waals surface area contributed by atoms with Crippen molar-refractivity contribution in [1.29, 1.82) is 0 Å². The van der Waals surface area contributed by atoms with Gasteiger partial charge in [-0.3, -0.25) is 4.79 Å². The van der Waals surface area contributed by atoms with Crippen LogP contribution in [-0.2, 0) is 9.53 Å². The molecule has 2 fully saturated rings. The number of ether oxygens (including phenoxy) is 1. The summed E-state index contributed by atoms with van der Waals surface area (Å²) in [5.74, 6) is 0.113. The Hall–Kier alpha value is -0.650. The average Bonchev–Trinajstić information content (AvgIpc) is 2.89. The zero-order valence-electron chi connectivity index (χ0n) is 12.0. The lowest BCUT2D eigenvalue weighted by atomic mass is 10.0. The van der Waals surface area contributed by atoms with Crippen LogP contribution in [0.25, 0.3) is 0 Å². The van der Waals surface area contributed by atoms with Crippen LogP contribution in [0.2, 0.25) is 0 Å². The molecule has 0 aromatic carbocycles. The molecule has 2 N–H and O–H groups in total. The third kappa shape index (κ3) is 4.44. The number of rotatable bonds is 6. The average molecular weight is 269 g/mol. The van der Waals surface area contributed by atoms with Crippen LogP contribution in [0.4, 0.5) is 0 Å². The first kappa shape index (κ1) is 14.8. The van der Waals surface area contributed by atoms with Crippen LogP contribution in [-0.4, -0.2) is 62.8 Å². The highest BCUT2D eigenvalue weighted by molar-refractivity contribution is 5.79. The maximum Gasteiger partial charge on any atom is 0.227 e. The van der Waals surface area contributed by atoms with Crippen LogP contribution in [0.1, 0.15) is 26.2 Å². The Morgan fingerprint density at radius 2 is 2.05 bits per heavy atom. The molecule has 19 heavy (non-hydrogen) atoms. The second kappa shape index (κ2) is 7.82. The minimum atomic E-state index is -0.0266. The van der Waals surface area contributed by atoms with Crippen LogP contribution >= 0.6 is 0 Å². The summed E-state index contributed by atoms with van der Waals surface area (Å²) in [5.41, 5.74) is 0. The maximum absolute atomic E-state index is 12.1. The van der Waals surface area contributed by atoms with E-state index < -0.39 is 0 Å². The predicted molar refractivity (Wildman–Crippen MR) is 75.1 cm³/mol. The summed E-state index contributed by atoms with van der Waals surface area (Å²) in [6, 6.07) is 0.181. The van der Waals surface area contributed by atoms with Crippen LogP contribution < -0.4 is 10.6 Å². The summed E-state index contributed by atoms with van der Waals surface area (Å²) in [7, 11) is 0. The Kier molecular flexibility index (Phi) is 6.07. The van der Waals surface area contributed by atoms with Crippen molar-refractivity contribution in [3.05, 3.63) is 0 Å². The number of amides is 1. The van der Waals surface area contributed by atoms with Gasteiger partial charge in [-0.15, -0.1) is 0 Å². The van der Waals surface area contributed by atoms with E-state index in [2.05, 4.69) is 22.5 Å². The fourth-order valence-electron chi connectivity index (χ4n) is 2.93. The fourth-order valence-corrected chi connectivity index (χ4v) is 2.93. The molecule has 2 aliphatic rings. The standard InChI is InChI=1S/C14H27N3O2/c1-2-15-13-11-19-10-12(13)14(18)16-6-9-17-7-4-3-5-8-17/h12-13,15H,2-11H2,1H3,(H,16,18). The number of piperidine rings is 1. The summed E-state index contributed by atoms with van der Waals surface area (Å²) < 4.78 is 5.41. The summed E-state index contributed by atoms with van der Waals surface area (Å²) in [5, 5.41) is 6.38. The molecule has 5 nitrogen and oxygen atoms in total. The lowest BCUT2D eigenvalue weighted by Gasteiger charge is -2.26. The third-order valence-corrected chi connectivity index (χ3v) is 4.06. The van der Waals surface area contributed by atoms with Gasteiger partial charge in [0.1, 0.15) is 0 Å². The number of likely N-dealkylation sites (N-methyl/N-ethyl adjacent to an activating group) is 1. The third-order valence-electron chi connectivity index (χ3n) is 4.06. The van der Waals surface area contributed by atoms with E-state index in [0.717, 1.165) is 19.6 Å². The molecule has 1 amide bonds. The summed E-state index contributed by atoms with van der Waals surface area (Å²) in [6.07, 6.45) is 3.95. The molecule has 0 aliphatic carbocycles. The van der Waals surface area contributed by atoms with E-state index in [9.17, 15) is 4.79 Å². The SMILES string of the molecule is CCNC1COCC1C(=O)NCCN1CCCCC1. The summed E-state index contributed by atoms with van der Waals surface area (Å²) in [4.78, 5) is 14.6. The van der Waals surface area contributed by atoms with Crippen molar-refractivity contribution >= 4 is 5.91 Å². The zero-order chi connectivity index (χ0) is 13.5. The molecule has 2 saturated heterocycles. The van der Waals surface area contributed by atoms with E-state index in [1.807, 2.05) is 0 Å². The minimum absolute atomic E-state index is 0.0266. The number of nitrogens with one attached hydrogen (secondary N) is 2. The van der Waals surface area contributed by atoms with Crippen LogP contribution in [0.3, 0.4) is 0 Å². The van der Waals surface area contributed by atoms with Gasteiger partial charge in [0.15, 0.2) is 0 Å². The van der Waals surface area contributed by atoms with Gasteiger partial charge in [0.2, 0.25) is 5.91 Å². The number of likely N-dealkylation sites (tertiary alicyclic amines) is 1. The lowest BCUT2D eigenvalue weighted by molar-refractivity contribution is -0.125. The Morgan fingerprint density at radius 1 is 1.26 bits per heavy atom. The van der Waals surface area contributed by atoms with Gasteiger partial charge < -0.3 is 20.3 Å². The zero-order valence-corrected chi connectivity index (χ0v) is 12.0. The molecule has 2 atom stereocenters. The lowest BCUT2D eigenvalue weighted by Crippen LogP contribution is -2.45. The van der Waals surface area contributed by atoms with E-state index in [1.54, 1.807) is 0 Å². The second-order valence-corrected chi connectivity index (χ2v) is 5.50. The van der Waals surface area contributed by atoms with Gasteiger partial charge in [-0.1, -0.05) is 13.3 Å². The first-order chi connectivity index (χ1) is 9.31. The normalized spacial score (nSPS) is 28.5. The van der Waals surface area contributed by atoms with E-state index in [-0.39, 0.29) is 17.9 Å². The first-order valence-electron chi connectivity index (χ1n) is 7.62. The predicted octanol–water partition coefficient (Wildman–Crippen LogP) is 0.213. The minimum Gasteiger partial charge on any atom is -0.379 e. The molecule has 5 heteroatoms. The molecule has 0 spiro atoms. The van der Waals surface area contributed by atoms with Crippen molar-refractivity contribution in [3.8, 4) is 0 Å². The highest BCUT2D eigenvalue weighted by atomic mass is 16.5. The van der Waals surface area contributed by atoms with Crippen LogP contribution in [0, 0.1) is 5.92 Å². The molecule has 0 bridgehead atoms. The van der Waals surface area contributed by atoms with Gasteiger partial charge >= 0.3 is 0 Å². The molecule has 0 radical (unpaired) electrons. The number of carbonyl (C=O) groups excluding carboxylic acids is 1.